The summed E-state index contributed by atoms with van der Waals surface area (Å²) in [6.07, 6.45) is -0.848. The molecular formula is C6H12F3K. The smallest absolute Gasteiger partial charge is 1.00 e. The second-order valence-electron chi connectivity index (χ2n) is 1.93. The van der Waals surface area contributed by atoms with Crippen LogP contribution < -0.4 is 51.4 Å². The molecule has 0 unspecified atom stereocenters. The first-order valence-electron chi connectivity index (χ1n) is 3.11. The summed E-state index contributed by atoms with van der Waals surface area (Å²) in [6, 6.07) is 0. The van der Waals surface area contributed by atoms with Crippen LogP contribution >= 0.6 is 0 Å². The Balaban J connectivity index is -0.000000320. The van der Waals surface area contributed by atoms with Crippen LogP contribution in [0.5, 0.6) is 0 Å². The second-order valence-corrected chi connectivity index (χ2v) is 1.93. The van der Waals surface area contributed by atoms with Crippen molar-refractivity contribution in [1.82, 2.24) is 0 Å². The van der Waals surface area contributed by atoms with E-state index in [9.17, 15) is 13.2 Å². The van der Waals surface area contributed by atoms with Gasteiger partial charge in [-0.25, -0.2) is 8.78 Å². The molecule has 0 spiro atoms. The Morgan fingerprint density at radius 1 is 1.10 bits per heavy atom. The molecule has 58 valence electrons. The first-order valence-corrected chi connectivity index (χ1v) is 3.11. The summed E-state index contributed by atoms with van der Waals surface area (Å²) in [5.74, 6) is 0. The molecule has 0 aromatic rings. The average molecular weight is 180 g/mol. The molecule has 0 rings (SSSR count). The Morgan fingerprint density at radius 2 is 1.70 bits per heavy atom. The molecule has 0 aromatic carbocycles. The molecule has 0 bridgehead atoms. The van der Waals surface area contributed by atoms with E-state index in [1.165, 1.54) is 0 Å². The zero-order valence-corrected chi connectivity index (χ0v) is 9.37. The van der Waals surface area contributed by atoms with E-state index in [0.717, 1.165) is 0 Å². The molecule has 10 heavy (non-hydrogen) atoms. The van der Waals surface area contributed by atoms with Crippen molar-refractivity contribution >= 4 is 0 Å². The molecule has 0 atom stereocenters. The molecule has 0 saturated heterocycles. The first kappa shape index (κ1) is 14.0. The molecule has 0 aliphatic carbocycles. The summed E-state index contributed by atoms with van der Waals surface area (Å²) in [5, 5.41) is 0. The number of halogens is 3. The van der Waals surface area contributed by atoms with Gasteiger partial charge in [0.25, 0.3) is 0 Å². The van der Waals surface area contributed by atoms with Gasteiger partial charge in [0.2, 0.25) is 6.43 Å². The standard InChI is InChI=1S/C6H11F3.K.H/c7-5-3-1-2-4-6(8)9;;/h6H,1-5H2;;/q;+1;-1. The molecule has 0 heterocycles. The molecule has 0 saturated carbocycles. The fourth-order valence-corrected chi connectivity index (χ4v) is 0.570. The molecule has 0 aromatic heterocycles. The molecule has 0 radical (unpaired) electrons. The van der Waals surface area contributed by atoms with E-state index in [4.69, 9.17) is 0 Å². The topological polar surface area (TPSA) is 0 Å². The summed E-state index contributed by atoms with van der Waals surface area (Å²) in [6.45, 7) is -0.386. The largest absolute Gasteiger partial charge is 1.00 e. The van der Waals surface area contributed by atoms with Crippen molar-refractivity contribution in [3.63, 3.8) is 0 Å². The van der Waals surface area contributed by atoms with Gasteiger partial charge in [0.05, 0.1) is 6.67 Å². The van der Waals surface area contributed by atoms with E-state index in [2.05, 4.69) is 0 Å². The molecule has 0 aliphatic rings. The van der Waals surface area contributed by atoms with E-state index in [1.54, 1.807) is 0 Å². The number of hydrogen-bond donors (Lipinski definition) is 0. The van der Waals surface area contributed by atoms with Crippen LogP contribution in [0, 0.1) is 0 Å². The van der Waals surface area contributed by atoms with Crippen LogP contribution in [0.1, 0.15) is 27.1 Å². The van der Waals surface area contributed by atoms with E-state index in [1.807, 2.05) is 0 Å². The zero-order valence-electron chi connectivity index (χ0n) is 7.25. The van der Waals surface area contributed by atoms with Crippen LogP contribution in [0.3, 0.4) is 0 Å². The third kappa shape index (κ3) is 12.1. The fourth-order valence-electron chi connectivity index (χ4n) is 0.570. The maximum Gasteiger partial charge on any atom is 1.00 e. The zero-order chi connectivity index (χ0) is 7.11. The van der Waals surface area contributed by atoms with Gasteiger partial charge < -0.3 is 1.43 Å². The van der Waals surface area contributed by atoms with E-state index in [0.29, 0.717) is 19.3 Å². The normalized spacial score (nSPS) is 9.60. The number of rotatable bonds is 5. The Hall–Kier alpha value is 1.43. The predicted molar refractivity (Wildman–Crippen MR) is 31.6 cm³/mol. The van der Waals surface area contributed by atoms with Crippen molar-refractivity contribution in [2.24, 2.45) is 0 Å². The van der Waals surface area contributed by atoms with Crippen molar-refractivity contribution in [3.05, 3.63) is 0 Å². The summed E-state index contributed by atoms with van der Waals surface area (Å²) in [4.78, 5) is 0. The molecule has 0 N–H and O–H groups in total. The number of unbranched alkanes of at least 4 members (excludes halogenated alkanes) is 2. The fraction of sp³-hybridized carbons (Fsp3) is 1.00. The molecule has 0 amide bonds. The Kier molecular flexibility index (Phi) is 14.6. The molecular weight excluding hydrogens is 168 g/mol. The van der Waals surface area contributed by atoms with E-state index in [-0.39, 0.29) is 65.9 Å². The monoisotopic (exact) mass is 180 g/mol. The van der Waals surface area contributed by atoms with Crippen LogP contribution in [0.2, 0.25) is 0 Å². The average Bonchev–Trinajstić information content (AvgIpc) is 1.80. The van der Waals surface area contributed by atoms with Crippen molar-refractivity contribution < 1.29 is 66.0 Å². The third-order valence-electron chi connectivity index (χ3n) is 1.06. The minimum Gasteiger partial charge on any atom is -1.00 e. The van der Waals surface area contributed by atoms with Crippen LogP contribution in [0.25, 0.3) is 0 Å². The van der Waals surface area contributed by atoms with Gasteiger partial charge in [0.1, 0.15) is 0 Å². The Labute approximate surface area is 103 Å². The van der Waals surface area contributed by atoms with E-state index < -0.39 is 6.43 Å². The summed E-state index contributed by atoms with van der Waals surface area (Å²) in [7, 11) is 0. The van der Waals surface area contributed by atoms with Gasteiger partial charge in [-0.3, -0.25) is 4.39 Å². The minimum atomic E-state index is -2.22. The third-order valence-corrected chi connectivity index (χ3v) is 1.06. The quantitative estimate of drug-likeness (QED) is 0.409. The van der Waals surface area contributed by atoms with Gasteiger partial charge >= 0.3 is 51.4 Å². The van der Waals surface area contributed by atoms with E-state index >= 15 is 0 Å². The van der Waals surface area contributed by atoms with Gasteiger partial charge in [0.15, 0.2) is 0 Å². The maximum atomic E-state index is 11.4. The Bertz CT molecular complexity index is 63.8. The van der Waals surface area contributed by atoms with Crippen molar-refractivity contribution in [3.8, 4) is 0 Å². The van der Waals surface area contributed by atoms with Crippen LogP contribution in [-0.4, -0.2) is 13.1 Å². The maximum absolute atomic E-state index is 11.4. The number of alkyl halides is 3. The summed E-state index contributed by atoms with van der Waals surface area (Å²) < 4.78 is 34.1. The van der Waals surface area contributed by atoms with Gasteiger partial charge in [0, 0.05) is 6.42 Å². The SMILES string of the molecule is FCCCCCC(F)F.[H-].[K+]. The molecule has 0 nitrogen and oxygen atoms in total. The van der Waals surface area contributed by atoms with Gasteiger partial charge in [-0.1, -0.05) is 6.42 Å². The van der Waals surface area contributed by atoms with Gasteiger partial charge in [-0.05, 0) is 12.8 Å². The van der Waals surface area contributed by atoms with Crippen LogP contribution in [0.4, 0.5) is 13.2 Å². The summed E-state index contributed by atoms with van der Waals surface area (Å²) in [5.41, 5.74) is 0. The number of hydrogen-bond acceptors (Lipinski definition) is 0. The van der Waals surface area contributed by atoms with Gasteiger partial charge in [-0.2, -0.15) is 0 Å². The van der Waals surface area contributed by atoms with Crippen molar-refractivity contribution in [2.45, 2.75) is 32.1 Å². The summed E-state index contributed by atoms with van der Waals surface area (Å²) >= 11 is 0. The molecule has 0 fully saturated rings. The predicted octanol–water partition coefficient (Wildman–Crippen LogP) is -0.102. The van der Waals surface area contributed by atoms with Crippen molar-refractivity contribution in [1.29, 1.82) is 0 Å². The molecule has 0 aliphatic heterocycles. The van der Waals surface area contributed by atoms with Crippen LogP contribution in [0.15, 0.2) is 0 Å². The van der Waals surface area contributed by atoms with Gasteiger partial charge in [-0.15, -0.1) is 0 Å². The Morgan fingerprint density at radius 3 is 2.10 bits per heavy atom. The molecule has 4 heteroatoms. The van der Waals surface area contributed by atoms with Crippen LogP contribution in [-0.2, 0) is 0 Å². The second kappa shape index (κ2) is 10.4. The van der Waals surface area contributed by atoms with Crippen molar-refractivity contribution in [2.75, 3.05) is 6.67 Å². The first-order chi connectivity index (χ1) is 4.27. The minimum absolute atomic E-state index is 0.